The van der Waals surface area contributed by atoms with Crippen molar-refractivity contribution in [3.63, 3.8) is 0 Å². The molecule has 4 aromatic rings. The maximum atomic E-state index is 2.61. The SMILES string of the molecule is C1=C(c2ccccc2)SP2SC(c3ccccc3)=CC2(c2cccs2)C1c1cccs1. The van der Waals surface area contributed by atoms with Gasteiger partial charge in [-0.05, 0) is 34.0 Å². The van der Waals surface area contributed by atoms with E-state index < -0.39 is 6.33 Å². The molecule has 0 N–H and O–H groups in total. The van der Waals surface area contributed by atoms with Gasteiger partial charge in [0, 0.05) is 31.8 Å². The van der Waals surface area contributed by atoms with Gasteiger partial charge in [-0.3, -0.25) is 0 Å². The molecule has 2 aliphatic heterocycles. The Hall–Kier alpha value is -1.55. The number of hydrogen-bond acceptors (Lipinski definition) is 4. The number of thiophene rings is 2. The Labute approximate surface area is 200 Å². The summed E-state index contributed by atoms with van der Waals surface area (Å²) in [7, 11) is 0. The van der Waals surface area contributed by atoms with E-state index in [9.17, 15) is 0 Å². The Balaban J connectivity index is 1.56. The Bertz CT molecular complexity index is 1190. The molecule has 5 heteroatoms. The third-order valence-corrected chi connectivity index (χ3v) is 15.8. The van der Waals surface area contributed by atoms with Gasteiger partial charge in [-0.25, -0.2) is 0 Å². The van der Waals surface area contributed by atoms with Crippen LogP contribution in [0.4, 0.5) is 0 Å². The first-order valence-electron chi connectivity index (χ1n) is 10.1. The summed E-state index contributed by atoms with van der Waals surface area (Å²) in [6.45, 7) is 0. The van der Waals surface area contributed by atoms with Crippen LogP contribution < -0.4 is 0 Å². The molecule has 152 valence electrons. The third kappa shape index (κ3) is 3.50. The zero-order valence-corrected chi connectivity index (χ0v) is 20.7. The molecule has 0 saturated heterocycles. The second kappa shape index (κ2) is 8.42. The van der Waals surface area contributed by atoms with Crippen LogP contribution in [-0.4, -0.2) is 0 Å². The fourth-order valence-corrected chi connectivity index (χ4v) is 15.9. The van der Waals surface area contributed by atoms with Crippen LogP contribution in [0.3, 0.4) is 0 Å². The van der Waals surface area contributed by atoms with Crippen molar-refractivity contribution in [3.05, 3.63) is 129 Å². The molecule has 0 saturated carbocycles. The summed E-state index contributed by atoms with van der Waals surface area (Å²) in [6, 6.07) is 30.9. The highest BCUT2D eigenvalue weighted by Crippen LogP contribution is 2.87. The van der Waals surface area contributed by atoms with Crippen LogP contribution in [-0.2, 0) is 5.16 Å². The minimum Gasteiger partial charge on any atom is -0.148 e. The van der Waals surface area contributed by atoms with Gasteiger partial charge in [0.25, 0.3) is 0 Å². The van der Waals surface area contributed by atoms with E-state index in [1.165, 1.54) is 30.7 Å². The smallest absolute Gasteiger partial charge is 0.0743 e. The number of hydrogen-bond donors (Lipinski definition) is 0. The first-order valence-corrected chi connectivity index (χ1v) is 16.1. The molecule has 0 nitrogen and oxygen atoms in total. The third-order valence-electron chi connectivity index (χ3n) is 5.69. The van der Waals surface area contributed by atoms with E-state index in [4.69, 9.17) is 0 Å². The fourth-order valence-electron chi connectivity index (χ4n) is 4.22. The minimum atomic E-state index is -0.435. The molecular formula is C26H19PS4. The van der Waals surface area contributed by atoms with Gasteiger partial charge in [-0.1, -0.05) is 108 Å². The second-order valence-electron chi connectivity index (χ2n) is 7.51. The van der Waals surface area contributed by atoms with Crippen molar-refractivity contribution < 1.29 is 0 Å². The van der Waals surface area contributed by atoms with Gasteiger partial charge in [0.15, 0.2) is 0 Å². The largest absolute Gasteiger partial charge is 0.148 e. The average molecular weight is 491 g/mol. The number of allylic oxidation sites excluding steroid dienone is 2. The molecule has 0 aliphatic carbocycles. The maximum Gasteiger partial charge on any atom is 0.0743 e. The molecule has 31 heavy (non-hydrogen) atoms. The topological polar surface area (TPSA) is 0 Å². The standard InChI is InChI=1S/C26H19PS4/c1-3-9-19(10-4-1)23-17-21(22-13-7-15-28-22)26(25-14-8-16-29-25)18-24(31-27(26)30-23)20-11-5-2-6-12-20/h1-18,21H. The van der Waals surface area contributed by atoms with Gasteiger partial charge in [0.1, 0.15) is 0 Å². The van der Waals surface area contributed by atoms with Crippen molar-refractivity contribution in [2.45, 2.75) is 11.1 Å². The fraction of sp³-hybridized carbons (Fsp3) is 0.0769. The van der Waals surface area contributed by atoms with Crippen molar-refractivity contribution in [2.75, 3.05) is 0 Å². The molecule has 0 amide bonds. The van der Waals surface area contributed by atoms with Crippen LogP contribution >= 0.6 is 51.8 Å². The lowest BCUT2D eigenvalue weighted by Gasteiger charge is -2.42. The molecule has 0 radical (unpaired) electrons. The lowest BCUT2D eigenvalue weighted by Crippen LogP contribution is -2.26. The summed E-state index contributed by atoms with van der Waals surface area (Å²) >= 11 is 8.01. The van der Waals surface area contributed by atoms with E-state index in [2.05, 4.69) is 131 Å². The molecule has 0 bridgehead atoms. The molecule has 6 rings (SSSR count). The lowest BCUT2D eigenvalue weighted by molar-refractivity contribution is 0.701. The van der Waals surface area contributed by atoms with E-state index >= 15 is 0 Å². The summed E-state index contributed by atoms with van der Waals surface area (Å²) in [5.74, 6) is 0.349. The molecule has 2 aromatic heterocycles. The van der Waals surface area contributed by atoms with Crippen molar-refractivity contribution >= 4 is 61.6 Å². The highest BCUT2D eigenvalue weighted by atomic mass is 33.1. The van der Waals surface area contributed by atoms with E-state index in [1.54, 1.807) is 0 Å². The summed E-state index contributed by atoms with van der Waals surface area (Å²) in [4.78, 5) is 5.80. The normalized spacial score (nSPS) is 25.0. The predicted octanol–water partition coefficient (Wildman–Crippen LogP) is 9.68. The van der Waals surface area contributed by atoms with Crippen molar-refractivity contribution in [1.82, 2.24) is 0 Å². The lowest BCUT2D eigenvalue weighted by atomic mass is 9.86. The Morgan fingerprint density at radius 3 is 1.94 bits per heavy atom. The van der Waals surface area contributed by atoms with Crippen molar-refractivity contribution in [2.24, 2.45) is 0 Å². The van der Waals surface area contributed by atoms with Gasteiger partial charge >= 0.3 is 0 Å². The molecule has 2 aliphatic rings. The number of fused-ring (bicyclic) bond motifs is 1. The van der Waals surface area contributed by atoms with Crippen LogP contribution in [0.2, 0.25) is 0 Å². The first-order chi connectivity index (χ1) is 15.3. The average Bonchev–Trinajstić information content (AvgIpc) is 3.60. The quantitative estimate of drug-likeness (QED) is 0.261. The minimum absolute atomic E-state index is 0.0210. The number of benzene rings is 2. The Morgan fingerprint density at radius 2 is 1.29 bits per heavy atom. The summed E-state index contributed by atoms with van der Waals surface area (Å²) in [6.07, 6.45) is 4.73. The van der Waals surface area contributed by atoms with E-state index in [-0.39, 0.29) is 5.16 Å². The Kier molecular flexibility index (Phi) is 5.46. The van der Waals surface area contributed by atoms with Gasteiger partial charge in [0.2, 0.25) is 0 Å². The van der Waals surface area contributed by atoms with E-state index in [0.29, 0.717) is 5.92 Å². The van der Waals surface area contributed by atoms with Gasteiger partial charge in [-0.15, -0.1) is 22.7 Å². The molecule has 0 fully saturated rings. The zero-order valence-electron chi connectivity index (χ0n) is 16.5. The molecule has 3 atom stereocenters. The van der Waals surface area contributed by atoms with Gasteiger partial charge in [-0.2, -0.15) is 0 Å². The van der Waals surface area contributed by atoms with Crippen LogP contribution in [0, 0.1) is 0 Å². The highest BCUT2D eigenvalue weighted by molar-refractivity contribution is 8.92. The first kappa shape index (κ1) is 20.1. The zero-order chi connectivity index (χ0) is 20.7. The second-order valence-corrected chi connectivity index (χ2v) is 15.9. The molecule has 2 aromatic carbocycles. The molecule has 4 heterocycles. The van der Waals surface area contributed by atoms with Gasteiger partial charge < -0.3 is 0 Å². The summed E-state index contributed by atoms with van der Waals surface area (Å²) in [5.41, 5.74) is 2.68. The van der Waals surface area contributed by atoms with E-state index in [1.807, 2.05) is 22.7 Å². The monoisotopic (exact) mass is 490 g/mol. The van der Waals surface area contributed by atoms with Crippen molar-refractivity contribution in [1.29, 1.82) is 0 Å². The Morgan fingerprint density at radius 1 is 0.645 bits per heavy atom. The van der Waals surface area contributed by atoms with Crippen LogP contribution in [0.25, 0.3) is 9.81 Å². The predicted molar refractivity (Wildman–Crippen MR) is 144 cm³/mol. The highest BCUT2D eigenvalue weighted by Gasteiger charge is 2.54. The molecule has 3 unspecified atom stereocenters. The van der Waals surface area contributed by atoms with E-state index in [0.717, 1.165) is 0 Å². The number of rotatable bonds is 4. The maximum absolute atomic E-state index is 2.61. The summed E-state index contributed by atoms with van der Waals surface area (Å²) in [5, 5.41) is 4.48. The molecule has 0 spiro atoms. The van der Waals surface area contributed by atoms with Crippen LogP contribution in [0.15, 0.2) is 108 Å². The summed E-state index contributed by atoms with van der Waals surface area (Å²) < 4.78 is 0. The van der Waals surface area contributed by atoms with Gasteiger partial charge in [0.05, 0.1) is 5.16 Å². The molecular weight excluding hydrogens is 472 g/mol. The van der Waals surface area contributed by atoms with Crippen LogP contribution in [0.5, 0.6) is 0 Å². The van der Waals surface area contributed by atoms with Crippen molar-refractivity contribution in [3.8, 4) is 0 Å². The van der Waals surface area contributed by atoms with Crippen LogP contribution in [0.1, 0.15) is 26.8 Å².